The summed E-state index contributed by atoms with van der Waals surface area (Å²) in [4.78, 5) is 4.20. The SMILES string of the molecule is CC(C)S(=O)(=O)c1ccc(F)c(C[C@H](N[S+]([O-])C(C)(C)C)c2ccccc2-c2noc3cc(Cl)ccc23)n1. The minimum absolute atomic E-state index is 0.0540. The lowest BCUT2D eigenvalue weighted by Crippen LogP contribution is -2.42. The number of nitrogens with one attached hydrogen (secondary N) is 1. The van der Waals surface area contributed by atoms with Crippen LogP contribution in [0.2, 0.25) is 5.02 Å². The van der Waals surface area contributed by atoms with Gasteiger partial charge in [0.2, 0.25) is 0 Å². The summed E-state index contributed by atoms with van der Waals surface area (Å²) < 4.78 is 61.7. The first-order valence-corrected chi connectivity index (χ1v) is 15.1. The maximum atomic E-state index is 15.0. The van der Waals surface area contributed by atoms with E-state index in [1.54, 1.807) is 32.0 Å². The molecule has 38 heavy (non-hydrogen) atoms. The Hall–Kier alpha value is -2.50. The van der Waals surface area contributed by atoms with Crippen molar-refractivity contribution in [2.45, 2.75) is 62.1 Å². The summed E-state index contributed by atoms with van der Waals surface area (Å²) in [6.45, 7) is 8.55. The van der Waals surface area contributed by atoms with Gasteiger partial charge in [-0.3, -0.25) is 0 Å². The van der Waals surface area contributed by atoms with E-state index in [9.17, 15) is 13.0 Å². The van der Waals surface area contributed by atoms with Crippen molar-refractivity contribution in [3.05, 3.63) is 76.7 Å². The first-order valence-electron chi connectivity index (χ1n) is 12.0. The number of fused-ring (bicyclic) bond motifs is 1. The van der Waals surface area contributed by atoms with Crippen LogP contribution in [0.5, 0.6) is 0 Å². The molecule has 1 N–H and O–H groups in total. The highest BCUT2D eigenvalue weighted by Gasteiger charge is 2.33. The Bertz CT molecular complexity index is 1570. The molecule has 0 spiro atoms. The van der Waals surface area contributed by atoms with Gasteiger partial charge in [-0.15, -0.1) is 4.72 Å². The number of pyridine rings is 1. The van der Waals surface area contributed by atoms with Crippen LogP contribution in [-0.4, -0.2) is 33.1 Å². The molecule has 2 aromatic heterocycles. The minimum atomic E-state index is -3.73. The quantitative estimate of drug-likeness (QED) is 0.248. The van der Waals surface area contributed by atoms with E-state index in [4.69, 9.17) is 16.1 Å². The number of hydrogen-bond acceptors (Lipinski definition) is 7. The molecule has 2 heterocycles. The third-order valence-electron chi connectivity index (χ3n) is 6.03. The van der Waals surface area contributed by atoms with E-state index in [0.29, 0.717) is 27.4 Å². The maximum absolute atomic E-state index is 15.0. The number of aromatic nitrogens is 2. The van der Waals surface area contributed by atoms with E-state index >= 15 is 4.39 Å². The Labute approximate surface area is 230 Å². The number of nitrogens with zero attached hydrogens (tertiary/aromatic N) is 2. The lowest BCUT2D eigenvalue weighted by Gasteiger charge is -2.29. The van der Waals surface area contributed by atoms with Crippen molar-refractivity contribution in [2.75, 3.05) is 0 Å². The van der Waals surface area contributed by atoms with Crippen LogP contribution < -0.4 is 4.72 Å². The fourth-order valence-electron chi connectivity index (χ4n) is 3.84. The van der Waals surface area contributed by atoms with Crippen LogP contribution in [0.25, 0.3) is 22.2 Å². The lowest BCUT2D eigenvalue weighted by atomic mass is 9.94. The first kappa shape index (κ1) is 28.5. The van der Waals surface area contributed by atoms with Gasteiger partial charge in [-0.2, -0.15) is 0 Å². The molecule has 2 aromatic carbocycles. The van der Waals surface area contributed by atoms with E-state index in [2.05, 4.69) is 14.9 Å². The fraction of sp³-hybridized carbons (Fsp3) is 0.333. The highest BCUT2D eigenvalue weighted by molar-refractivity contribution is 7.92. The van der Waals surface area contributed by atoms with Crippen molar-refractivity contribution in [1.82, 2.24) is 14.9 Å². The zero-order valence-electron chi connectivity index (χ0n) is 21.7. The third-order valence-corrected chi connectivity index (χ3v) is 9.93. The Balaban J connectivity index is 1.84. The smallest absolute Gasteiger partial charge is 0.197 e. The zero-order chi connectivity index (χ0) is 27.8. The van der Waals surface area contributed by atoms with Gasteiger partial charge < -0.3 is 9.08 Å². The molecular formula is C27H29ClFN3O4S2. The average Bonchev–Trinajstić information content (AvgIpc) is 3.26. The summed E-state index contributed by atoms with van der Waals surface area (Å²) in [5.74, 6) is -0.653. The highest BCUT2D eigenvalue weighted by Crippen LogP contribution is 2.36. The van der Waals surface area contributed by atoms with E-state index in [1.165, 1.54) is 6.07 Å². The summed E-state index contributed by atoms with van der Waals surface area (Å²) in [6, 6.07) is 14.1. The van der Waals surface area contributed by atoms with Crippen LogP contribution in [0.1, 0.15) is 51.9 Å². The lowest BCUT2D eigenvalue weighted by molar-refractivity contribution is 0.459. The molecule has 0 amide bonds. The van der Waals surface area contributed by atoms with Crippen molar-refractivity contribution in [2.24, 2.45) is 0 Å². The first-order chi connectivity index (χ1) is 17.8. The molecule has 0 aliphatic carbocycles. The Morgan fingerprint density at radius 3 is 2.53 bits per heavy atom. The molecule has 0 fully saturated rings. The van der Waals surface area contributed by atoms with Crippen molar-refractivity contribution >= 4 is 43.8 Å². The van der Waals surface area contributed by atoms with Gasteiger partial charge in [0.15, 0.2) is 20.4 Å². The largest absolute Gasteiger partial charge is 0.598 e. The Morgan fingerprint density at radius 1 is 1.13 bits per heavy atom. The monoisotopic (exact) mass is 577 g/mol. The summed E-state index contributed by atoms with van der Waals surface area (Å²) in [5, 5.41) is 4.58. The van der Waals surface area contributed by atoms with Gasteiger partial charge >= 0.3 is 0 Å². The molecule has 0 aliphatic heterocycles. The molecule has 0 saturated heterocycles. The second-order valence-electron chi connectivity index (χ2n) is 10.2. The third kappa shape index (κ3) is 5.89. The van der Waals surface area contributed by atoms with Crippen LogP contribution in [0, 0.1) is 5.82 Å². The van der Waals surface area contributed by atoms with Crippen LogP contribution in [0.3, 0.4) is 0 Å². The van der Waals surface area contributed by atoms with E-state index in [0.717, 1.165) is 11.5 Å². The molecule has 0 aliphatic rings. The van der Waals surface area contributed by atoms with Crippen molar-refractivity contribution in [3.8, 4) is 11.3 Å². The average molecular weight is 578 g/mol. The van der Waals surface area contributed by atoms with Crippen LogP contribution >= 0.6 is 11.6 Å². The van der Waals surface area contributed by atoms with E-state index in [-0.39, 0.29) is 17.1 Å². The predicted molar refractivity (Wildman–Crippen MR) is 148 cm³/mol. The zero-order valence-corrected chi connectivity index (χ0v) is 24.0. The van der Waals surface area contributed by atoms with Crippen molar-refractivity contribution < 1.29 is 21.9 Å². The van der Waals surface area contributed by atoms with Crippen LogP contribution in [0.4, 0.5) is 4.39 Å². The highest BCUT2D eigenvalue weighted by atomic mass is 35.5. The number of rotatable bonds is 8. The second kappa shape index (κ2) is 10.9. The van der Waals surface area contributed by atoms with Crippen molar-refractivity contribution in [3.63, 3.8) is 0 Å². The van der Waals surface area contributed by atoms with E-state index < -0.39 is 43.1 Å². The standard InChI is InChI=1S/C27H29ClFN3O4S2/c1-16(2)38(34,35)25-13-12-21(29)23(30-25)15-22(32-37(33)27(3,4)5)18-8-6-7-9-19(18)26-20-11-10-17(28)14-24(20)36-31-26/h6-14,16,22,32H,15H2,1-5H3/t22-,37?/m0/s1. The molecule has 0 bridgehead atoms. The molecule has 0 saturated carbocycles. The van der Waals surface area contributed by atoms with Gasteiger partial charge in [0.05, 0.1) is 17.0 Å². The molecule has 11 heteroatoms. The molecule has 1 unspecified atom stereocenters. The Morgan fingerprint density at radius 2 is 1.84 bits per heavy atom. The summed E-state index contributed by atoms with van der Waals surface area (Å²) >= 11 is 4.57. The second-order valence-corrected chi connectivity index (χ2v) is 15.1. The number of benzene rings is 2. The van der Waals surface area contributed by atoms with Gasteiger partial charge in [0.1, 0.15) is 16.3 Å². The molecular weight excluding hydrogens is 549 g/mol. The topological polar surface area (TPSA) is 108 Å². The normalized spacial score (nSPS) is 14.2. The summed E-state index contributed by atoms with van der Waals surface area (Å²) in [6.07, 6.45) is -0.0618. The molecule has 2 atom stereocenters. The molecule has 0 radical (unpaired) electrons. The predicted octanol–water partition coefficient (Wildman–Crippen LogP) is 6.20. The van der Waals surface area contributed by atoms with E-state index in [1.807, 2.05) is 45.0 Å². The van der Waals surface area contributed by atoms with Gasteiger partial charge in [0.25, 0.3) is 0 Å². The van der Waals surface area contributed by atoms with Gasteiger partial charge in [-0.1, -0.05) is 41.0 Å². The summed E-state index contributed by atoms with van der Waals surface area (Å²) in [5.41, 5.74) is 2.35. The minimum Gasteiger partial charge on any atom is -0.598 e. The van der Waals surface area contributed by atoms with Gasteiger partial charge in [-0.25, -0.2) is 17.8 Å². The van der Waals surface area contributed by atoms with Gasteiger partial charge in [-0.05, 0) is 64.4 Å². The van der Waals surface area contributed by atoms with Crippen LogP contribution in [0.15, 0.2) is 64.1 Å². The molecule has 4 aromatic rings. The maximum Gasteiger partial charge on any atom is 0.197 e. The number of sulfone groups is 1. The van der Waals surface area contributed by atoms with Crippen LogP contribution in [-0.2, 0) is 27.6 Å². The summed E-state index contributed by atoms with van der Waals surface area (Å²) in [7, 11) is -3.73. The fourth-order valence-corrected chi connectivity index (χ4v) is 5.81. The molecule has 202 valence electrons. The number of hydrogen-bond donors (Lipinski definition) is 1. The van der Waals surface area contributed by atoms with Crippen molar-refractivity contribution in [1.29, 1.82) is 0 Å². The Kier molecular flexibility index (Phi) is 8.20. The van der Waals surface area contributed by atoms with Gasteiger partial charge in [0, 0.05) is 39.8 Å². The molecule has 7 nitrogen and oxygen atoms in total. The molecule has 4 rings (SSSR count). The number of halogens is 2.